The zero-order valence-corrected chi connectivity index (χ0v) is 16.2. The Kier molecular flexibility index (Phi) is 8.56. The van der Waals surface area contributed by atoms with Gasteiger partial charge in [-0.3, -0.25) is 4.99 Å². The minimum absolute atomic E-state index is 0.364. The molecule has 0 spiro atoms. The van der Waals surface area contributed by atoms with Gasteiger partial charge in [-0.25, -0.2) is 0 Å². The maximum absolute atomic E-state index is 5.92. The zero-order chi connectivity index (χ0) is 17.2. The van der Waals surface area contributed by atoms with Gasteiger partial charge in [0.1, 0.15) is 0 Å². The molecule has 0 atom stereocenters. The van der Waals surface area contributed by atoms with Gasteiger partial charge in [-0.2, -0.15) is 0 Å². The van der Waals surface area contributed by atoms with Gasteiger partial charge in [0.25, 0.3) is 0 Å². The Morgan fingerprint density at radius 1 is 1.25 bits per heavy atom. The van der Waals surface area contributed by atoms with E-state index in [9.17, 15) is 0 Å². The van der Waals surface area contributed by atoms with E-state index in [4.69, 9.17) is 9.47 Å². The number of rotatable bonds is 7. The van der Waals surface area contributed by atoms with Gasteiger partial charge < -0.3 is 19.7 Å². The van der Waals surface area contributed by atoms with Gasteiger partial charge in [-0.15, -0.1) is 0 Å². The second kappa shape index (κ2) is 10.7. The normalized spacial score (nSPS) is 16.5. The van der Waals surface area contributed by atoms with Gasteiger partial charge in [0.2, 0.25) is 0 Å². The van der Waals surface area contributed by atoms with Crippen molar-refractivity contribution in [2.75, 3.05) is 40.5 Å². The van der Waals surface area contributed by atoms with Gasteiger partial charge >= 0.3 is 0 Å². The maximum Gasteiger partial charge on any atom is 0.193 e. The molecular weight excluding hydrogens is 370 g/mol. The van der Waals surface area contributed by atoms with Crippen LogP contribution in [-0.4, -0.2) is 57.4 Å². The summed E-state index contributed by atoms with van der Waals surface area (Å²) in [6, 6.07) is 8.35. The molecule has 0 unspecified atom stereocenters. The Balaban J connectivity index is 1.71. The average molecular weight is 398 g/mol. The van der Waals surface area contributed by atoms with Crippen molar-refractivity contribution in [3.8, 4) is 0 Å². The van der Waals surface area contributed by atoms with E-state index in [-0.39, 0.29) is 0 Å². The van der Waals surface area contributed by atoms with Crippen LogP contribution < -0.4 is 5.32 Å². The molecule has 1 aliphatic heterocycles. The molecule has 1 aliphatic rings. The average Bonchev–Trinajstić information content (AvgIpc) is 2.62. The predicted octanol–water partition coefficient (Wildman–Crippen LogP) is 3.04. The number of halogens is 1. The summed E-state index contributed by atoms with van der Waals surface area (Å²) < 4.78 is 12.1. The highest BCUT2D eigenvalue weighted by Gasteiger charge is 2.21. The number of aliphatic imine (C=N–C) groups is 1. The SMILES string of the molecule is CN=C(NCc1ccc(Br)cc1)N1CCC(OCCCOC)CC1. The van der Waals surface area contributed by atoms with Crippen molar-refractivity contribution in [2.45, 2.75) is 31.9 Å². The van der Waals surface area contributed by atoms with Gasteiger partial charge in [-0.05, 0) is 37.0 Å². The lowest BCUT2D eigenvalue weighted by Crippen LogP contribution is -2.46. The van der Waals surface area contributed by atoms with Crippen LogP contribution in [0.2, 0.25) is 0 Å². The van der Waals surface area contributed by atoms with Crippen LogP contribution >= 0.6 is 15.9 Å². The first-order valence-electron chi connectivity index (χ1n) is 8.53. The fourth-order valence-corrected chi connectivity index (χ4v) is 3.07. The number of nitrogens with one attached hydrogen (secondary N) is 1. The van der Waals surface area contributed by atoms with Crippen molar-refractivity contribution in [2.24, 2.45) is 4.99 Å². The van der Waals surface area contributed by atoms with E-state index >= 15 is 0 Å². The Hall–Kier alpha value is -1.11. The second-order valence-electron chi connectivity index (χ2n) is 5.93. The van der Waals surface area contributed by atoms with Crippen molar-refractivity contribution < 1.29 is 9.47 Å². The van der Waals surface area contributed by atoms with E-state index in [0.29, 0.717) is 6.10 Å². The summed E-state index contributed by atoms with van der Waals surface area (Å²) in [7, 11) is 3.57. The number of nitrogens with zero attached hydrogens (tertiary/aromatic N) is 2. The van der Waals surface area contributed by atoms with Crippen LogP contribution in [0.25, 0.3) is 0 Å². The summed E-state index contributed by atoms with van der Waals surface area (Å²) in [5.74, 6) is 0.968. The zero-order valence-electron chi connectivity index (χ0n) is 14.6. The van der Waals surface area contributed by atoms with Crippen LogP contribution in [0.1, 0.15) is 24.8 Å². The minimum Gasteiger partial charge on any atom is -0.385 e. The summed E-state index contributed by atoms with van der Waals surface area (Å²) in [6.45, 7) is 4.30. The third-order valence-electron chi connectivity index (χ3n) is 4.16. The fraction of sp³-hybridized carbons (Fsp3) is 0.611. The summed E-state index contributed by atoms with van der Waals surface area (Å²) in [5, 5.41) is 3.45. The van der Waals surface area contributed by atoms with E-state index in [0.717, 1.165) is 62.5 Å². The Bertz CT molecular complexity index is 499. The van der Waals surface area contributed by atoms with Crippen LogP contribution in [0.4, 0.5) is 0 Å². The molecule has 1 aromatic rings. The van der Waals surface area contributed by atoms with Crippen LogP contribution in [0, 0.1) is 0 Å². The largest absolute Gasteiger partial charge is 0.385 e. The number of likely N-dealkylation sites (tertiary alicyclic amines) is 1. The van der Waals surface area contributed by atoms with Crippen LogP contribution in [0.5, 0.6) is 0 Å². The number of guanidine groups is 1. The third-order valence-corrected chi connectivity index (χ3v) is 4.69. The molecule has 0 amide bonds. The molecule has 6 heteroatoms. The third kappa shape index (κ3) is 6.42. The number of piperidine rings is 1. The summed E-state index contributed by atoms with van der Waals surface area (Å²) in [6.07, 6.45) is 3.42. The summed E-state index contributed by atoms with van der Waals surface area (Å²) in [4.78, 5) is 6.73. The van der Waals surface area contributed by atoms with Crippen molar-refractivity contribution >= 4 is 21.9 Å². The first kappa shape index (κ1) is 19.2. The molecule has 0 aromatic heterocycles. The quantitative estimate of drug-likeness (QED) is 0.436. The topological polar surface area (TPSA) is 46.1 Å². The van der Waals surface area contributed by atoms with Crippen molar-refractivity contribution in [3.63, 3.8) is 0 Å². The van der Waals surface area contributed by atoms with E-state index in [1.807, 2.05) is 7.05 Å². The summed E-state index contributed by atoms with van der Waals surface area (Å²) >= 11 is 3.46. The Labute approximate surface area is 153 Å². The molecule has 24 heavy (non-hydrogen) atoms. The maximum atomic E-state index is 5.92. The highest BCUT2D eigenvalue weighted by molar-refractivity contribution is 9.10. The lowest BCUT2D eigenvalue weighted by Gasteiger charge is -2.34. The van der Waals surface area contributed by atoms with E-state index in [1.54, 1.807) is 7.11 Å². The molecule has 134 valence electrons. The van der Waals surface area contributed by atoms with Crippen LogP contribution in [-0.2, 0) is 16.0 Å². The number of methoxy groups -OCH3 is 1. The molecule has 0 saturated carbocycles. The molecule has 1 N–H and O–H groups in total. The lowest BCUT2D eigenvalue weighted by molar-refractivity contribution is 0.00990. The standard InChI is InChI=1S/C18H28BrN3O2/c1-20-18(21-14-15-4-6-16(19)7-5-15)22-10-8-17(9-11-22)24-13-3-12-23-2/h4-7,17H,3,8-14H2,1-2H3,(H,20,21). The lowest BCUT2D eigenvalue weighted by atomic mass is 10.1. The molecule has 0 aliphatic carbocycles. The van der Waals surface area contributed by atoms with Gasteiger partial charge in [0.15, 0.2) is 5.96 Å². The smallest absolute Gasteiger partial charge is 0.193 e. The molecule has 2 rings (SSSR count). The van der Waals surface area contributed by atoms with Crippen LogP contribution in [0.3, 0.4) is 0 Å². The van der Waals surface area contributed by atoms with Gasteiger partial charge in [-0.1, -0.05) is 28.1 Å². The molecule has 1 heterocycles. The molecule has 5 nitrogen and oxygen atoms in total. The molecule has 0 radical (unpaired) electrons. The Morgan fingerprint density at radius 3 is 2.58 bits per heavy atom. The molecule has 1 fully saturated rings. The highest BCUT2D eigenvalue weighted by Crippen LogP contribution is 2.15. The van der Waals surface area contributed by atoms with Gasteiger partial charge in [0.05, 0.1) is 6.10 Å². The number of hydrogen-bond acceptors (Lipinski definition) is 3. The molecule has 1 aromatic carbocycles. The Morgan fingerprint density at radius 2 is 1.96 bits per heavy atom. The van der Waals surface area contributed by atoms with Crippen molar-refractivity contribution in [1.29, 1.82) is 0 Å². The highest BCUT2D eigenvalue weighted by atomic mass is 79.9. The molecule has 1 saturated heterocycles. The first-order valence-corrected chi connectivity index (χ1v) is 9.33. The van der Waals surface area contributed by atoms with Crippen LogP contribution in [0.15, 0.2) is 33.7 Å². The van der Waals surface area contributed by atoms with Gasteiger partial charge in [0, 0.05) is 51.5 Å². The van der Waals surface area contributed by atoms with E-state index in [1.165, 1.54) is 5.56 Å². The van der Waals surface area contributed by atoms with E-state index < -0.39 is 0 Å². The second-order valence-corrected chi connectivity index (χ2v) is 6.85. The summed E-state index contributed by atoms with van der Waals surface area (Å²) in [5.41, 5.74) is 1.25. The molecule has 0 bridgehead atoms. The monoisotopic (exact) mass is 397 g/mol. The fourth-order valence-electron chi connectivity index (χ4n) is 2.80. The first-order chi connectivity index (χ1) is 11.7. The predicted molar refractivity (Wildman–Crippen MR) is 101 cm³/mol. The van der Waals surface area contributed by atoms with Crippen molar-refractivity contribution in [1.82, 2.24) is 10.2 Å². The minimum atomic E-state index is 0.364. The van der Waals surface area contributed by atoms with E-state index in [2.05, 4.69) is 55.4 Å². The number of benzene rings is 1. The number of ether oxygens (including phenoxy) is 2. The molecular formula is C18H28BrN3O2. The number of hydrogen-bond donors (Lipinski definition) is 1. The van der Waals surface area contributed by atoms with Crippen molar-refractivity contribution in [3.05, 3.63) is 34.3 Å².